The van der Waals surface area contributed by atoms with Crippen molar-refractivity contribution in [2.45, 2.75) is 25.6 Å². The summed E-state index contributed by atoms with van der Waals surface area (Å²) >= 11 is 0. The van der Waals surface area contributed by atoms with Crippen molar-refractivity contribution in [3.05, 3.63) is 59.8 Å². The second-order valence-corrected chi connectivity index (χ2v) is 9.88. The summed E-state index contributed by atoms with van der Waals surface area (Å²) in [5.41, 5.74) is 11.6. The molecule has 1 aromatic heterocycles. The number of nitrogens with one attached hydrogen (secondary N) is 1. The normalized spacial score (nSPS) is 20.0. The summed E-state index contributed by atoms with van der Waals surface area (Å²) in [4.78, 5) is 24.7. The van der Waals surface area contributed by atoms with Crippen LogP contribution in [0.1, 0.15) is 22.8 Å². The molecule has 0 bridgehead atoms. The molecular formula is C27H29F3N6O. The van der Waals surface area contributed by atoms with Gasteiger partial charge in [-0.15, -0.1) is 0 Å². The standard InChI is InChI=1S/C27H29F3N6O/c1-16-13-36(15-27(28,29)30)14-23(16)35(2)20-6-3-17(4-7-20)22-12-33-25(31)24(34-22)19-5-8-21-18(11-19)9-10-32-26(21)37/h3-8,11-12,16,23H,9-10,13-15H2,1-2H3,(H2,31,33)(H,32,37)/t16-,23+/m0/s1. The van der Waals surface area contributed by atoms with E-state index in [9.17, 15) is 18.0 Å². The Kier molecular flexibility index (Phi) is 6.53. The fourth-order valence-electron chi connectivity index (χ4n) is 5.32. The van der Waals surface area contributed by atoms with Crippen LogP contribution in [0.4, 0.5) is 24.7 Å². The first-order valence-electron chi connectivity index (χ1n) is 12.3. The van der Waals surface area contributed by atoms with Crippen molar-refractivity contribution in [1.29, 1.82) is 0 Å². The van der Waals surface area contributed by atoms with Crippen LogP contribution < -0.4 is 16.0 Å². The maximum absolute atomic E-state index is 12.9. The Bertz CT molecular complexity index is 1310. The number of halogens is 3. The molecule has 7 nitrogen and oxygen atoms in total. The van der Waals surface area contributed by atoms with Crippen LogP contribution in [0.15, 0.2) is 48.7 Å². The number of likely N-dealkylation sites (N-methyl/N-ethyl adjacent to an activating group) is 1. The number of benzene rings is 2. The minimum Gasteiger partial charge on any atom is -0.382 e. The molecule has 0 aliphatic carbocycles. The molecule has 1 fully saturated rings. The van der Waals surface area contributed by atoms with Gasteiger partial charge < -0.3 is 16.0 Å². The third kappa shape index (κ3) is 5.24. The number of aromatic nitrogens is 2. The molecule has 0 radical (unpaired) electrons. The first-order valence-corrected chi connectivity index (χ1v) is 12.3. The zero-order valence-electron chi connectivity index (χ0n) is 20.7. The highest BCUT2D eigenvalue weighted by Gasteiger charge is 2.38. The summed E-state index contributed by atoms with van der Waals surface area (Å²) in [6, 6.07) is 13.3. The Morgan fingerprint density at radius 2 is 1.86 bits per heavy atom. The van der Waals surface area contributed by atoms with E-state index in [2.05, 4.69) is 10.3 Å². The summed E-state index contributed by atoms with van der Waals surface area (Å²) in [5.74, 6) is 0.338. The van der Waals surface area contributed by atoms with E-state index in [0.29, 0.717) is 42.4 Å². The fraction of sp³-hybridized carbons (Fsp3) is 0.370. The number of carbonyl (C=O) groups is 1. The Hall–Kier alpha value is -3.66. The molecule has 2 aromatic carbocycles. The number of anilines is 2. The molecule has 5 rings (SSSR count). The summed E-state index contributed by atoms with van der Waals surface area (Å²) < 4.78 is 38.6. The van der Waals surface area contributed by atoms with Gasteiger partial charge in [0.15, 0.2) is 0 Å². The number of nitrogen functional groups attached to an aromatic ring is 1. The van der Waals surface area contributed by atoms with Crippen molar-refractivity contribution in [1.82, 2.24) is 20.2 Å². The average molecular weight is 511 g/mol. The minimum absolute atomic E-state index is 0.0118. The van der Waals surface area contributed by atoms with Gasteiger partial charge in [0.05, 0.1) is 18.4 Å². The van der Waals surface area contributed by atoms with Gasteiger partial charge in [-0.2, -0.15) is 13.2 Å². The molecule has 1 saturated heterocycles. The molecule has 3 N–H and O–H groups in total. The zero-order chi connectivity index (χ0) is 26.3. The number of alkyl halides is 3. The van der Waals surface area contributed by atoms with Gasteiger partial charge in [-0.3, -0.25) is 9.69 Å². The molecule has 1 amide bonds. The molecule has 3 aromatic rings. The van der Waals surface area contributed by atoms with E-state index >= 15 is 0 Å². The number of hydrogen-bond donors (Lipinski definition) is 2. The molecule has 2 atom stereocenters. The Morgan fingerprint density at radius 1 is 1.14 bits per heavy atom. The number of rotatable bonds is 5. The molecule has 37 heavy (non-hydrogen) atoms. The van der Waals surface area contributed by atoms with Gasteiger partial charge in [0, 0.05) is 55.1 Å². The molecule has 2 aliphatic rings. The smallest absolute Gasteiger partial charge is 0.382 e. The van der Waals surface area contributed by atoms with Crippen LogP contribution >= 0.6 is 0 Å². The van der Waals surface area contributed by atoms with E-state index in [1.165, 1.54) is 4.90 Å². The van der Waals surface area contributed by atoms with Crippen LogP contribution in [0.2, 0.25) is 0 Å². The van der Waals surface area contributed by atoms with Crippen LogP contribution in [0, 0.1) is 5.92 Å². The quantitative estimate of drug-likeness (QED) is 0.540. The lowest BCUT2D eigenvalue weighted by atomic mass is 9.96. The summed E-state index contributed by atoms with van der Waals surface area (Å²) in [6.45, 7) is 2.50. The van der Waals surface area contributed by atoms with E-state index < -0.39 is 12.7 Å². The number of carbonyl (C=O) groups excluding carboxylic acids is 1. The highest BCUT2D eigenvalue weighted by molar-refractivity contribution is 5.97. The highest BCUT2D eigenvalue weighted by Crippen LogP contribution is 2.31. The van der Waals surface area contributed by atoms with Crippen LogP contribution in [-0.4, -0.2) is 66.2 Å². The van der Waals surface area contributed by atoms with Gasteiger partial charge in [0.25, 0.3) is 5.91 Å². The molecule has 0 saturated carbocycles. The number of nitrogens with two attached hydrogens (primary N) is 1. The van der Waals surface area contributed by atoms with Gasteiger partial charge in [-0.25, -0.2) is 9.97 Å². The van der Waals surface area contributed by atoms with E-state index in [4.69, 9.17) is 10.7 Å². The summed E-state index contributed by atoms with van der Waals surface area (Å²) in [6.07, 6.45) is -1.83. The Balaban J connectivity index is 1.35. The predicted molar refractivity (Wildman–Crippen MR) is 137 cm³/mol. The number of fused-ring (bicyclic) bond motifs is 1. The average Bonchev–Trinajstić information content (AvgIpc) is 3.22. The van der Waals surface area contributed by atoms with Gasteiger partial charge in [0.1, 0.15) is 11.5 Å². The third-order valence-electron chi connectivity index (χ3n) is 7.22. The van der Waals surface area contributed by atoms with E-state index in [0.717, 1.165) is 28.8 Å². The SMILES string of the molecule is C[C@H]1CN(CC(F)(F)F)C[C@H]1N(C)c1ccc(-c2cnc(N)c(-c3ccc4c(c3)CCNC4=O)n2)cc1. The van der Waals surface area contributed by atoms with Crippen LogP contribution in [-0.2, 0) is 6.42 Å². The molecular weight excluding hydrogens is 481 g/mol. The highest BCUT2D eigenvalue weighted by atomic mass is 19.4. The first kappa shape index (κ1) is 25.0. The van der Waals surface area contributed by atoms with E-state index in [1.807, 2.05) is 55.3 Å². The lowest BCUT2D eigenvalue weighted by Gasteiger charge is -2.29. The van der Waals surface area contributed by atoms with Crippen molar-refractivity contribution in [2.75, 3.05) is 43.9 Å². The maximum atomic E-state index is 12.9. The number of likely N-dealkylation sites (tertiary alicyclic amines) is 1. The summed E-state index contributed by atoms with van der Waals surface area (Å²) in [5, 5.41) is 2.84. The number of hydrogen-bond acceptors (Lipinski definition) is 6. The lowest BCUT2D eigenvalue weighted by molar-refractivity contribution is -0.143. The van der Waals surface area contributed by atoms with Gasteiger partial charge in [-0.1, -0.05) is 25.1 Å². The van der Waals surface area contributed by atoms with Gasteiger partial charge in [0.2, 0.25) is 0 Å². The van der Waals surface area contributed by atoms with Crippen molar-refractivity contribution < 1.29 is 18.0 Å². The topological polar surface area (TPSA) is 87.4 Å². The van der Waals surface area contributed by atoms with Crippen molar-refractivity contribution >= 4 is 17.4 Å². The second kappa shape index (κ2) is 9.66. The maximum Gasteiger partial charge on any atom is 0.401 e. The van der Waals surface area contributed by atoms with Crippen LogP contribution in [0.3, 0.4) is 0 Å². The predicted octanol–water partition coefficient (Wildman–Crippen LogP) is 4.00. The van der Waals surface area contributed by atoms with Gasteiger partial charge in [-0.05, 0) is 42.2 Å². The first-order chi connectivity index (χ1) is 17.6. The molecule has 0 unspecified atom stereocenters. The summed E-state index contributed by atoms with van der Waals surface area (Å²) in [7, 11) is 1.92. The minimum atomic E-state index is -4.19. The Morgan fingerprint density at radius 3 is 2.59 bits per heavy atom. The molecule has 0 spiro atoms. The second-order valence-electron chi connectivity index (χ2n) is 9.88. The fourth-order valence-corrected chi connectivity index (χ4v) is 5.32. The number of amides is 1. The monoisotopic (exact) mass is 510 g/mol. The molecule has 10 heteroatoms. The van der Waals surface area contributed by atoms with Crippen molar-refractivity contribution in [2.24, 2.45) is 5.92 Å². The van der Waals surface area contributed by atoms with Gasteiger partial charge >= 0.3 is 6.18 Å². The lowest BCUT2D eigenvalue weighted by Crippen LogP contribution is -2.39. The van der Waals surface area contributed by atoms with Crippen molar-refractivity contribution in [3.63, 3.8) is 0 Å². The third-order valence-corrected chi connectivity index (χ3v) is 7.22. The van der Waals surface area contributed by atoms with E-state index in [-0.39, 0.29) is 17.9 Å². The zero-order valence-corrected chi connectivity index (χ0v) is 20.7. The number of nitrogens with zero attached hydrogens (tertiary/aromatic N) is 4. The molecule has 3 heterocycles. The Labute approximate surface area is 213 Å². The molecule has 194 valence electrons. The van der Waals surface area contributed by atoms with Crippen LogP contribution in [0.25, 0.3) is 22.5 Å². The largest absolute Gasteiger partial charge is 0.401 e. The molecule has 2 aliphatic heterocycles. The van der Waals surface area contributed by atoms with Crippen LogP contribution in [0.5, 0.6) is 0 Å². The van der Waals surface area contributed by atoms with E-state index in [1.54, 1.807) is 12.3 Å². The van der Waals surface area contributed by atoms with Crippen molar-refractivity contribution in [3.8, 4) is 22.5 Å².